The first-order valence-electron chi connectivity index (χ1n) is 11.3. The second-order valence-corrected chi connectivity index (χ2v) is 8.11. The fourth-order valence-electron chi connectivity index (χ4n) is 4.08. The first-order chi connectivity index (χ1) is 16.0. The summed E-state index contributed by atoms with van der Waals surface area (Å²) < 4.78 is 18.5. The van der Waals surface area contributed by atoms with Crippen LogP contribution in [0.4, 0.5) is 4.39 Å². The number of oxazole rings is 1. The maximum absolute atomic E-state index is 13.4. The third-order valence-corrected chi connectivity index (χ3v) is 5.79. The zero-order chi connectivity index (χ0) is 23.4. The summed E-state index contributed by atoms with van der Waals surface area (Å²) >= 11 is 0. The van der Waals surface area contributed by atoms with E-state index in [9.17, 15) is 9.18 Å². The van der Waals surface area contributed by atoms with Crippen LogP contribution in [0.1, 0.15) is 42.7 Å². The largest absolute Gasteiger partial charge is 0.417 e. The minimum absolute atomic E-state index is 0.248. The highest BCUT2D eigenvalue weighted by molar-refractivity contribution is 5.78. The van der Waals surface area contributed by atoms with Gasteiger partial charge in [-0.2, -0.15) is 0 Å². The van der Waals surface area contributed by atoms with Crippen LogP contribution in [0, 0.1) is 12.7 Å². The molecule has 0 atom stereocenters. The SMILES string of the molecule is CC=C(NCCc1cc(CCC)c(C)c(-c2ccc(F)cc2)n1)c1ccc2oc(=O)[nH]c2c1. The van der Waals surface area contributed by atoms with Crippen LogP contribution in [0.5, 0.6) is 0 Å². The van der Waals surface area contributed by atoms with Crippen molar-refractivity contribution in [1.82, 2.24) is 15.3 Å². The van der Waals surface area contributed by atoms with Crippen LogP contribution < -0.4 is 11.1 Å². The van der Waals surface area contributed by atoms with E-state index in [0.29, 0.717) is 17.6 Å². The summed E-state index contributed by atoms with van der Waals surface area (Å²) in [5.74, 6) is -0.704. The average molecular weight is 446 g/mol. The summed E-state index contributed by atoms with van der Waals surface area (Å²) in [6.07, 6.45) is 4.78. The lowest BCUT2D eigenvalue weighted by atomic mass is 9.97. The fourth-order valence-corrected chi connectivity index (χ4v) is 4.08. The van der Waals surface area contributed by atoms with Gasteiger partial charge in [-0.1, -0.05) is 19.4 Å². The molecule has 170 valence electrons. The Balaban J connectivity index is 1.53. The molecule has 2 aromatic carbocycles. The molecule has 4 aromatic rings. The van der Waals surface area contributed by atoms with Crippen LogP contribution in [-0.2, 0) is 12.8 Å². The van der Waals surface area contributed by atoms with E-state index >= 15 is 0 Å². The zero-order valence-electron chi connectivity index (χ0n) is 19.2. The Labute approximate surface area is 192 Å². The number of hydrogen-bond donors (Lipinski definition) is 2. The van der Waals surface area contributed by atoms with Gasteiger partial charge in [-0.05, 0) is 85.5 Å². The zero-order valence-corrected chi connectivity index (χ0v) is 19.2. The smallest absolute Gasteiger partial charge is 0.408 e. The van der Waals surface area contributed by atoms with Gasteiger partial charge in [-0.25, -0.2) is 9.18 Å². The number of nitrogens with one attached hydrogen (secondary N) is 2. The number of aromatic amines is 1. The number of benzene rings is 2. The van der Waals surface area contributed by atoms with Gasteiger partial charge in [0.25, 0.3) is 0 Å². The van der Waals surface area contributed by atoms with E-state index in [-0.39, 0.29) is 5.82 Å². The Morgan fingerprint density at radius 3 is 2.67 bits per heavy atom. The molecule has 2 aromatic heterocycles. The van der Waals surface area contributed by atoms with E-state index in [1.165, 1.54) is 17.7 Å². The van der Waals surface area contributed by atoms with Crippen LogP contribution in [0.25, 0.3) is 28.1 Å². The molecule has 0 fully saturated rings. The normalized spacial score (nSPS) is 11.8. The van der Waals surface area contributed by atoms with Crippen LogP contribution in [-0.4, -0.2) is 16.5 Å². The Kier molecular flexibility index (Phi) is 6.73. The molecule has 0 saturated carbocycles. The maximum atomic E-state index is 13.4. The number of H-pyrrole nitrogens is 1. The second-order valence-electron chi connectivity index (χ2n) is 8.11. The first-order valence-corrected chi connectivity index (χ1v) is 11.3. The van der Waals surface area contributed by atoms with Crippen LogP contribution in [0.15, 0.2) is 63.8 Å². The van der Waals surface area contributed by atoms with Gasteiger partial charge in [0.1, 0.15) is 5.82 Å². The van der Waals surface area contributed by atoms with E-state index in [0.717, 1.165) is 53.0 Å². The first kappa shape index (κ1) is 22.5. The van der Waals surface area contributed by atoms with Gasteiger partial charge in [0.05, 0.1) is 11.2 Å². The molecule has 33 heavy (non-hydrogen) atoms. The highest BCUT2D eigenvalue weighted by Gasteiger charge is 2.12. The number of pyridine rings is 1. The molecule has 0 aliphatic heterocycles. The highest BCUT2D eigenvalue weighted by Crippen LogP contribution is 2.26. The van der Waals surface area contributed by atoms with Gasteiger partial charge >= 0.3 is 5.76 Å². The van der Waals surface area contributed by atoms with E-state index in [2.05, 4.69) is 30.2 Å². The molecule has 0 spiro atoms. The molecule has 6 heteroatoms. The monoisotopic (exact) mass is 445 g/mol. The lowest BCUT2D eigenvalue weighted by Crippen LogP contribution is -2.17. The van der Waals surface area contributed by atoms with Gasteiger partial charge in [-0.15, -0.1) is 0 Å². The third-order valence-electron chi connectivity index (χ3n) is 5.79. The standard InChI is InChI=1S/C27H28FN3O2/c1-4-6-19-15-22(30-26(17(19)3)18-7-10-21(28)11-8-18)13-14-29-23(5-2)20-9-12-25-24(16-20)31-27(32)33-25/h5,7-12,15-16,29H,4,6,13-14H2,1-3H3,(H,31,32). The average Bonchev–Trinajstić information content (AvgIpc) is 3.18. The predicted molar refractivity (Wildman–Crippen MR) is 131 cm³/mol. The summed E-state index contributed by atoms with van der Waals surface area (Å²) in [6, 6.07) is 14.3. The number of hydrogen-bond acceptors (Lipinski definition) is 4. The van der Waals surface area contributed by atoms with Crippen molar-refractivity contribution in [2.45, 2.75) is 40.0 Å². The molecule has 4 rings (SSSR count). The van der Waals surface area contributed by atoms with Crippen LogP contribution in [0.3, 0.4) is 0 Å². The Morgan fingerprint density at radius 1 is 1.15 bits per heavy atom. The third kappa shape index (κ3) is 5.06. The van der Waals surface area contributed by atoms with Gasteiger partial charge < -0.3 is 9.73 Å². The summed E-state index contributed by atoms with van der Waals surface area (Å²) in [7, 11) is 0. The predicted octanol–water partition coefficient (Wildman–Crippen LogP) is 5.78. The Bertz CT molecular complexity index is 1350. The topological polar surface area (TPSA) is 70.9 Å². The van der Waals surface area contributed by atoms with Crippen molar-refractivity contribution in [1.29, 1.82) is 0 Å². The van der Waals surface area contributed by atoms with Crippen LogP contribution in [0.2, 0.25) is 0 Å². The fraction of sp³-hybridized carbons (Fsp3) is 0.259. The molecular weight excluding hydrogens is 417 g/mol. The molecular formula is C27H28FN3O2. The summed E-state index contributed by atoms with van der Waals surface area (Å²) in [4.78, 5) is 19.1. The van der Waals surface area contributed by atoms with Gasteiger partial charge in [-0.3, -0.25) is 9.97 Å². The highest BCUT2D eigenvalue weighted by atomic mass is 19.1. The van der Waals surface area contributed by atoms with E-state index in [1.807, 2.05) is 25.1 Å². The molecule has 0 radical (unpaired) electrons. The molecule has 0 aliphatic rings. The molecule has 0 saturated heterocycles. The van der Waals surface area contributed by atoms with Crippen LogP contribution >= 0.6 is 0 Å². The van der Waals surface area contributed by atoms with Gasteiger partial charge in [0, 0.05) is 29.9 Å². The minimum Gasteiger partial charge on any atom is -0.408 e. The van der Waals surface area contributed by atoms with E-state index in [4.69, 9.17) is 9.40 Å². The maximum Gasteiger partial charge on any atom is 0.417 e. The molecule has 5 nitrogen and oxygen atoms in total. The Hall–Kier alpha value is -3.67. The summed E-state index contributed by atoms with van der Waals surface area (Å²) in [5, 5.41) is 3.49. The van der Waals surface area contributed by atoms with E-state index < -0.39 is 5.76 Å². The molecule has 0 amide bonds. The molecule has 0 aliphatic carbocycles. The number of allylic oxidation sites excluding steroid dienone is 1. The molecule has 0 bridgehead atoms. The number of aromatic nitrogens is 2. The number of aryl methyl sites for hydroxylation is 1. The van der Waals surface area contributed by atoms with Crippen molar-refractivity contribution < 1.29 is 8.81 Å². The summed E-state index contributed by atoms with van der Waals surface area (Å²) in [5.41, 5.74) is 8.43. The number of rotatable bonds is 8. The minimum atomic E-state index is -0.456. The number of fused-ring (bicyclic) bond motifs is 1. The van der Waals surface area contributed by atoms with E-state index in [1.54, 1.807) is 18.2 Å². The van der Waals surface area contributed by atoms with Crippen molar-refractivity contribution in [3.8, 4) is 11.3 Å². The quantitative estimate of drug-likeness (QED) is 0.361. The summed E-state index contributed by atoms with van der Waals surface area (Å²) in [6.45, 7) is 6.93. The molecule has 2 N–H and O–H groups in total. The second kappa shape index (κ2) is 9.86. The van der Waals surface area contributed by atoms with Crippen molar-refractivity contribution in [2.24, 2.45) is 0 Å². The van der Waals surface area contributed by atoms with Crippen molar-refractivity contribution in [3.05, 3.63) is 93.4 Å². The molecule has 2 heterocycles. The lowest BCUT2D eigenvalue weighted by Gasteiger charge is -2.15. The molecule has 0 unspecified atom stereocenters. The Morgan fingerprint density at radius 2 is 1.94 bits per heavy atom. The lowest BCUT2D eigenvalue weighted by molar-refractivity contribution is 0.555. The van der Waals surface area contributed by atoms with Crippen molar-refractivity contribution in [2.75, 3.05) is 6.54 Å². The van der Waals surface area contributed by atoms with Crippen molar-refractivity contribution in [3.63, 3.8) is 0 Å². The number of nitrogens with zero attached hydrogens (tertiary/aromatic N) is 1. The van der Waals surface area contributed by atoms with Gasteiger partial charge in [0.15, 0.2) is 5.58 Å². The number of halogens is 1. The van der Waals surface area contributed by atoms with Crippen molar-refractivity contribution >= 4 is 16.8 Å². The van der Waals surface area contributed by atoms with Gasteiger partial charge in [0.2, 0.25) is 0 Å².